The summed E-state index contributed by atoms with van der Waals surface area (Å²) >= 11 is 0. The Kier molecular flexibility index (Phi) is 7.43. The van der Waals surface area contributed by atoms with Gasteiger partial charge in [-0.05, 0) is 50.6 Å². The molecule has 1 heterocycles. The quantitative estimate of drug-likeness (QED) is 0.415. The maximum Gasteiger partial charge on any atom is 0.251 e. The SMILES string of the molecule is CC(C)OCCCNC(=O)[C@@H](C(=O)c1ccc(F)cc1)n1ccccc1=O. The number of aromatic nitrogens is 1. The molecule has 27 heavy (non-hydrogen) atoms. The first-order valence-electron chi connectivity index (χ1n) is 8.76. The summed E-state index contributed by atoms with van der Waals surface area (Å²) in [4.78, 5) is 37.7. The fourth-order valence-electron chi connectivity index (χ4n) is 2.50. The third-order valence-corrected chi connectivity index (χ3v) is 3.83. The van der Waals surface area contributed by atoms with Gasteiger partial charge in [-0.3, -0.25) is 19.0 Å². The summed E-state index contributed by atoms with van der Waals surface area (Å²) in [7, 11) is 0. The number of ketones is 1. The van der Waals surface area contributed by atoms with Crippen LogP contribution in [0.1, 0.15) is 36.7 Å². The summed E-state index contributed by atoms with van der Waals surface area (Å²) in [6, 6.07) is 7.86. The fraction of sp³-hybridized carbons (Fsp3) is 0.350. The van der Waals surface area contributed by atoms with Crippen molar-refractivity contribution < 1.29 is 18.7 Å². The van der Waals surface area contributed by atoms with Gasteiger partial charge in [0.05, 0.1) is 6.10 Å². The molecule has 1 aromatic heterocycles. The minimum Gasteiger partial charge on any atom is -0.379 e. The molecule has 0 spiro atoms. The zero-order valence-electron chi connectivity index (χ0n) is 15.4. The highest BCUT2D eigenvalue weighted by molar-refractivity contribution is 6.11. The number of Topliss-reactive ketones (excluding diaryl/α,β-unsaturated/α-hetero) is 1. The average Bonchev–Trinajstić information content (AvgIpc) is 2.63. The molecule has 0 unspecified atom stereocenters. The minimum atomic E-state index is -1.37. The third-order valence-electron chi connectivity index (χ3n) is 3.83. The van der Waals surface area contributed by atoms with Crippen LogP contribution >= 0.6 is 0 Å². The monoisotopic (exact) mass is 374 g/mol. The molecule has 1 atom stereocenters. The summed E-state index contributed by atoms with van der Waals surface area (Å²) in [5.41, 5.74) is -0.327. The molecule has 0 saturated heterocycles. The zero-order chi connectivity index (χ0) is 19.8. The van der Waals surface area contributed by atoms with Gasteiger partial charge in [0.1, 0.15) is 5.82 Å². The number of amides is 1. The van der Waals surface area contributed by atoms with E-state index in [9.17, 15) is 18.8 Å². The molecule has 0 bridgehead atoms. The molecular weight excluding hydrogens is 351 g/mol. The van der Waals surface area contributed by atoms with Crippen molar-refractivity contribution >= 4 is 11.7 Å². The summed E-state index contributed by atoms with van der Waals surface area (Å²) in [6.07, 6.45) is 2.05. The van der Waals surface area contributed by atoms with Crippen molar-refractivity contribution in [2.45, 2.75) is 32.4 Å². The number of ether oxygens (including phenoxy) is 1. The first-order chi connectivity index (χ1) is 12.9. The van der Waals surface area contributed by atoms with E-state index in [1.54, 1.807) is 6.07 Å². The Morgan fingerprint density at radius 1 is 1.15 bits per heavy atom. The standard InChI is InChI=1S/C20H23FN2O4/c1-14(2)27-13-5-11-22-20(26)18(23-12-4-3-6-17(23)24)19(25)15-7-9-16(21)10-8-15/h3-4,6-10,12,14,18H,5,11,13H2,1-2H3,(H,22,26)/t18-/m1/s1. The van der Waals surface area contributed by atoms with E-state index in [1.807, 2.05) is 13.8 Å². The molecule has 1 N–H and O–H groups in total. The van der Waals surface area contributed by atoms with Gasteiger partial charge in [-0.15, -0.1) is 0 Å². The van der Waals surface area contributed by atoms with Crippen LogP contribution in [0, 0.1) is 5.82 Å². The number of pyridine rings is 1. The number of carbonyl (C=O) groups excluding carboxylic acids is 2. The molecule has 2 aromatic rings. The van der Waals surface area contributed by atoms with Crippen molar-refractivity contribution in [1.29, 1.82) is 0 Å². The number of benzene rings is 1. The highest BCUT2D eigenvalue weighted by atomic mass is 19.1. The van der Waals surface area contributed by atoms with Crippen molar-refractivity contribution in [3.63, 3.8) is 0 Å². The number of rotatable bonds is 9. The molecule has 2 rings (SSSR count). The minimum absolute atomic E-state index is 0.0939. The van der Waals surface area contributed by atoms with Crippen LogP contribution in [0.4, 0.5) is 4.39 Å². The second-order valence-corrected chi connectivity index (χ2v) is 6.28. The number of nitrogens with one attached hydrogen (secondary N) is 1. The predicted octanol–water partition coefficient (Wildman–Crippen LogP) is 2.34. The van der Waals surface area contributed by atoms with Gasteiger partial charge in [-0.2, -0.15) is 0 Å². The number of carbonyl (C=O) groups is 2. The van der Waals surface area contributed by atoms with E-state index in [2.05, 4.69) is 5.32 Å². The number of nitrogens with zero attached hydrogens (tertiary/aromatic N) is 1. The van der Waals surface area contributed by atoms with E-state index in [-0.39, 0.29) is 11.7 Å². The van der Waals surface area contributed by atoms with E-state index >= 15 is 0 Å². The van der Waals surface area contributed by atoms with Crippen LogP contribution in [0.5, 0.6) is 0 Å². The van der Waals surface area contributed by atoms with Crippen molar-refractivity contribution in [2.75, 3.05) is 13.2 Å². The van der Waals surface area contributed by atoms with Gasteiger partial charge in [0.25, 0.3) is 11.5 Å². The summed E-state index contributed by atoms with van der Waals surface area (Å²) < 4.78 is 19.6. The molecule has 1 aromatic carbocycles. The highest BCUT2D eigenvalue weighted by Crippen LogP contribution is 2.14. The van der Waals surface area contributed by atoms with E-state index in [4.69, 9.17) is 4.74 Å². The van der Waals surface area contributed by atoms with Gasteiger partial charge in [0.15, 0.2) is 11.8 Å². The van der Waals surface area contributed by atoms with Crippen LogP contribution in [-0.2, 0) is 9.53 Å². The molecule has 1 amide bonds. The Labute approximate surface area is 157 Å². The lowest BCUT2D eigenvalue weighted by atomic mass is 10.0. The molecular formula is C20H23FN2O4. The van der Waals surface area contributed by atoms with Crippen molar-refractivity contribution in [3.05, 3.63) is 70.4 Å². The van der Waals surface area contributed by atoms with Gasteiger partial charge in [-0.1, -0.05) is 6.07 Å². The largest absolute Gasteiger partial charge is 0.379 e. The predicted molar refractivity (Wildman–Crippen MR) is 99.2 cm³/mol. The lowest BCUT2D eigenvalue weighted by molar-refractivity contribution is -0.123. The number of halogens is 1. The maximum absolute atomic E-state index is 13.1. The van der Waals surface area contributed by atoms with Gasteiger partial charge in [0.2, 0.25) is 0 Å². The molecule has 0 radical (unpaired) electrons. The van der Waals surface area contributed by atoms with Crippen molar-refractivity contribution in [2.24, 2.45) is 0 Å². The molecule has 144 valence electrons. The van der Waals surface area contributed by atoms with E-state index in [1.165, 1.54) is 30.5 Å². The van der Waals surface area contributed by atoms with Crippen LogP contribution in [0.3, 0.4) is 0 Å². The van der Waals surface area contributed by atoms with E-state index in [0.29, 0.717) is 19.6 Å². The van der Waals surface area contributed by atoms with E-state index in [0.717, 1.165) is 16.7 Å². The average molecular weight is 374 g/mol. The summed E-state index contributed by atoms with van der Waals surface area (Å²) in [5, 5.41) is 2.67. The van der Waals surface area contributed by atoms with Crippen molar-refractivity contribution in [3.8, 4) is 0 Å². The van der Waals surface area contributed by atoms with Crippen LogP contribution in [0.25, 0.3) is 0 Å². The Balaban J connectivity index is 2.19. The maximum atomic E-state index is 13.1. The molecule has 0 aliphatic heterocycles. The molecule has 0 aliphatic rings. The Morgan fingerprint density at radius 2 is 1.85 bits per heavy atom. The normalized spacial score (nSPS) is 12.0. The van der Waals surface area contributed by atoms with Gasteiger partial charge in [0, 0.05) is 31.0 Å². The second kappa shape index (κ2) is 9.78. The third kappa shape index (κ3) is 5.86. The highest BCUT2D eigenvalue weighted by Gasteiger charge is 2.29. The number of hydrogen-bond acceptors (Lipinski definition) is 4. The number of hydrogen-bond donors (Lipinski definition) is 1. The molecule has 0 saturated carbocycles. The fourth-order valence-corrected chi connectivity index (χ4v) is 2.50. The topological polar surface area (TPSA) is 77.4 Å². The Bertz CT molecular complexity index is 830. The molecule has 7 heteroatoms. The molecule has 0 fully saturated rings. The zero-order valence-corrected chi connectivity index (χ0v) is 15.4. The lowest BCUT2D eigenvalue weighted by Gasteiger charge is -2.18. The first-order valence-corrected chi connectivity index (χ1v) is 8.76. The first kappa shape index (κ1) is 20.5. The van der Waals surface area contributed by atoms with Crippen LogP contribution < -0.4 is 10.9 Å². The van der Waals surface area contributed by atoms with Crippen LogP contribution in [-0.4, -0.2) is 35.5 Å². The molecule has 6 nitrogen and oxygen atoms in total. The van der Waals surface area contributed by atoms with Crippen LogP contribution in [0.15, 0.2) is 53.5 Å². The van der Waals surface area contributed by atoms with E-state index < -0.39 is 29.1 Å². The van der Waals surface area contributed by atoms with Gasteiger partial charge < -0.3 is 10.1 Å². The van der Waals surface area contributed by atoms with Crippen molar-refractivity contribution in [1.82, 2.24) is 9.88 Å². The van der Waals surface area contributed by atoms with Gasteiger partial charge in [-0.25, -0.2) is 4.39 Å². The second-order valence-electron chi connectivity index (χ2n) is 6.28. The lowest BCUT2D eigenvalue weighted by Crippen LogP contribution is -2.41. The van der Waals surface area contributed by atoms with Crippen LogP contribution in [0.2, 0.25) is 0 Å². The Hall–Kier alpha value is -2.80. The molecule has 0 aliphatic carbocycles. The Morgan fingerprint density at radius 3 is 2.48 bits per heavy atom. The summed E-state index contributed by atoms with van der Waals surface area (Å²) in [5.74, 6) is -1.67. The van der Waals surface area contributed by atoms with Gasteiger partial charge >= 0.3 is 0 Å². The smallest absolute Gasteiger partial charge is 0.251 e. The summed E-state index contributed by atoms with van der Waals surface area (Å²) in [6.45, 7) is 4.61.